The smallest absolute Gasteiger partial charge is 0.306 e. The lowest BCUT2D eigenvalue weighted by molar-refractivity contribution is -0.141. The maximum absolute atomic E-state index is 10.5. The van der Waals surface area contributed by atoms with Crippen LogP contribution in [0.5, 0.6) is 0 Å². The Morgan fingerprint density at radius 2 is 2.36 bits per heavy atom. The molecule has 0 saturated heterocycles. The molecule has 0 aromatic rings. The van der Waals surface area contributed by atoms with E-state index in [0.29, 0.717) is 18.6 Å². The van der Waals surface area contributed by atoms with E-state index in [1.807, 2.05) is 0 Å². The van der Waals surface area contributed by atoms with Gasteiger partial charge in [0, 0.05) is 6.42 Å². The van der Waals surface area contributed by atoms with E-state index < -0.39 is 5.97 Å². The van der Waals surface area contributed by atoms with Crippen LogP contribution in [0.4, 0.5) is 0 Å². The summed E-state index contributed by atoms with van der Waals surface area (Å²) in [5.74, 6) is -1.12. The Morgan fingerprint density at radius 1 is 1.64 bits per heavy atom. The van der Waals surface area contributed by atoms with Gasteiger partial charge in [0.1, 0.15) is 0 Å². The number of aliphatic carboxylic acids is 1. The van der Waals surface area contributed by atoms with E-state index in [2.05, 4.69) is 5.16 Å². The third-order valence-corrected chi connectivity index (χ3v) is 1.99. The first-order chi connectivity index (χ1) is 5.24. The second-order valence-electron chi connectivity index (χ2n) is 2.80. The molecule has 1 aliphatic rings. The van der Waals surface area contributed by atoms with Crippen LogP contribution in [-0.4, -0.2) is 22.0 Å². The Balaban J connectivity index is 2.53. The second-order valence-corrected chi connectivity index (χ2v) is 2.80. The molecule has 4 heteroatoms. The lowest BCUT2D eigenvalue weighted by Gasteiger charge is -2.17. The van der Waals surface area contributed by atoms with Crippen molar-refractivity contribution in [3.05, 3.63) is 0 Å². The second kappa shape index (κ2) is 3.37. The van der Waals surface area contributed by atoms with E-state index in [0.717, 1.165) is 12.8 Å². The summed E-state index contributed by atoms with van der Waals surface area (Å²) in [5, 5.41) is 20.0. The van der Waals surface area contributed by atoms with Gasteiger partial charge in [0.05, 0.1) is 11.6 Å². The number of carboxylic acids is 1. The zero-order valence-electron chi connectivity index (χ0n) is 6.16. The van der Waals surface area contributed by atoms with Crippen molar-refractivity contribution in [2.45, 2.75) is 25.7 Å². The first-order valence-electron chi connectivity index (χ1n) is 3.66. The molecule has 0 bridgehead atoms. The fourth-order valence-electron chi connectivity index (χ4n) is 1.34. The monoisotopic (exact) mass is 157 g/mol. The molecule has 0 unspecified atom stereocenters. The summed E-state index contributed by atoms with van der Waals surface area (Å²) in [6.45, 7) is 0. The minimum atomic E-state index is -0.786. The van der Waals surface area contributed by atoms with Gasteiger partial charge in [-0.05, 0) is 19.3 Å². The van der Waals surface area contributed by atoms with Crippen LogP contribution in [0.1, 0.15) is 25.7 Å². The van der Waals surface area contributed by atoms with Crippen LogP contribution >= 0.6 is 0 Å². The van der Waals surface area contributed by atoms with Gasteiger partial charge in [-0.25, -0.2) is 0 Å². The summed E-state index contributed by atoms with van der Waals surface area (Å²) in [4.78, 5) is 10.5. The molecule has 4 nitrogen and oxygen atoms in total. The minimum Gasteiger partial charge on any atom is -0.481 e. The number of oxime groups is 1. The highest BCUT2D eigenvalue weighted by molar-refractivity contribution is 5.88. The number of hydrogen-bond donors (Lipinski definition) is 2. The number of rotatable bonds is 1. The molecule has 0 radical (unpaired) electrons. The molecule has 1 saturated carbocycles. The van der Waals surface area contributed by atoms with Gasteiger partial charge in [-0.1, -0.05) is 5.16 Å². The van der Waals surface area contributed by atoms with Crippen LogP contribution in [0, 0.1) is 5.92 Å². The number of nitrogens with zero attached hydrogens (tertiary/aromatic N) is 1. The first-order valence-corrected chi connectivity index (χ1v) is 3.66. The maximum Gasteiger partial charge on any atom is 0.306 e. The van der Waals surface area contributed by atoms with E-state index in [1.54, 1.807) is 0 Å². The molecule has 0 aliphatic heterocycles. The van der Waals surface area contributed by atoms with E-state index in [4.69, 9.17) is 10.3 Å². The highest BCUT2D eigenvalue weighted by atomic mass is 16.4. The van der Waals surface area contributed by atoms with Crippen LogP contribution in [0.2, 0.25) is 0 Å². The van der Waals surface area contributed by atoms with Gasteiger partial charge in [0.25, 0.3) is 0 Å². The van der Waals surface area contributed by atoms with Gasteiger partial charge < -0.3 is 10.3 Å². The van der Waals surface area contributed by atoms with Crippen molar-refractivity contribution in [2.24, 2.45) is 11.1 Å². The van der Waals surface area contributed by atoms with Crippen molar-refractivity contribution >= 4 is 11.7 Å². The first kappa shape index (κ1) is 8.04. The number of hydrogen-bond acceptors (Lipinski definition) is 3. The van der Waals surface area contributed by atoms with Crippen LogP contribution in [-0.2, 0) is 4.79 Å². The third-order valence-electron chi connectivity index (χ3n) is 1.99. The van der Waals surface area contributed by atoms with Gasteiger partial charge in [-0.15, -0.1) is 0 Å². The largest absolute Gasteiger partial charge is 0.481 e. The van der Waals surface area contributed by atoms with Crippen molar-refractivity contribution in [2.75, 3.05) is 0 Å². The SMILES string of the molecule is O=C(O)[C@H]1CCC/C(=N/O)C1. The fourth-order valence-corrected chi connectivity index (χ4v) is 1.34. The molecule has 62 valence electrons. The molecule has 0 aromatic heterocycles. The summed E-state index contributed by atoms with van der Waals surface area (Å²) in [5.41, 5.74) is 0.614. The number of carboxylic acid groups (broad SMARTS) is 1. The molecule has 0 spiro atoms. The summed E-state index contributed by atoms with van der Waals surface area (Å²) in [7, 11) is 0. The average Bonchev–Trinajstić information content (AvgIpc) is 2.05. The highest BCUT2D eigenvalue weighted by Gasteiger charge is 2.23. The molecule has 0 aromatic carbocycles. The zero-order valence-corrected chi connectivity index (χ0v) is 6.16. The summed E-state index contributed by atoms with van der Waals surface area (Å²) >= 11 is 0. The lowest BCUT2D eigenvalue weighted by atomic mass is 9.88. The normalized spacial score (nSPS) is 28.7. The highest BCUT2D eigenvalue weighted by Crippen LogP contribution is 2.21. The maximum atomic E-state index is 10.5. The van der Waals surface area contributed by atoms with E-state index >= 15 is 0 Å². The predicted molar refractivity (Wildman–Crippen MR) is 38.8 cm³/mol. The lowest BCUT2D eigenvalue weighted by Crippen LogP contribution is -2.22. The van der Waals surface area contributed by atoms with Gasteiger partial charge in [-0.3, -0.25) is 4.79 Å². The quantitative estimate of drug-likeness (QED) is 0.442. The third kappa shape index (κ3) is 1.93. The molecule has 1 atom stereocenters. The van der Waals surface area contributed by atoms with Crippen molar-refractivity contribution in [1.82, 2.24) is 0 Å². The molecule has 1 fully saturated rings. The Kier molecular flexibility index (Phi) is 2.46. The Labute approximate surface area is 64.5 Å². The van der Waals surface area contributed by atoms with Crippen molar-refractivity contribution in [1.29, 1.82) is 0 Å². The molecule has 11 heavy (non-hydrogen) atoms. The molecule has 2 N–H and O–H groups in total. The summed E-state index contributed by atoms with van der Waals surface area (Å²) < 4.78 is 0. The van der Waals surface area contributed by atoms with Crippen LogP contribution in [0.25, 0.3) is 0 Å². The molecule has 0 heterocycles. The van der Waals surface area contributed by atoms with E-state index in [1.165, 1.54) is 0 Å². The van der Waals surface area contributed by atoms with E-state index in [9.17, 15) is 4.79 Å². The molecular formula is C7H11NO3. The molecular weight excluding hydrogens is 146 g/mol. The van der Waals surface area contributed by atoms with Gasteiger partial charge in [0.15, 0.2) is 0 Å². The Bertz CT molecular complexity index is 188. The van der Waals surface area contributed by atoms with Gasteiger partial charge >= 0.3 is 5.97 Å². The Morgan fingerprint density at radius 3 is 2.91 bits per heavy atom. The average molecular weight is 157 g/mol. The summed E-state index contributed by atoms with van der Waals surface area (Å²) in [6.07, 6.45) is 2.66. The molecule has 1 rings (SSSR count). The Hall–Kier alpha value is -1.06. The predicted octanol–water partition coefficient (Wildman–Crippen LogP) is 1.09. The van der Waals surface area contributed by atoms with Crippen LogP contribution in [0.3, 0.4) is 0 Å². The van der Waals surface area contributed by atoms with Crippen molar-refractivity contribution < 1.29 is 15.1 Å². The summed E-state index contributed by atoms with van der Waals surface area (Å²) in [6, 6.07) is 0. The standard InChI is InChI=1S/C7H11NO3/c9-7(10)5-2-1-3-6(4-5)8-11/h5,11H,1-4H2,(H,9,10)/b8-6-/t5-/m0/s1. The number of carbonyl (C=O) groups is 1. The van der Waals surface area contributed by atoms with E-state index in [-0.39, 0.29) is 5.92 Å². The van der Waals surface area contributed by atoms with Crippen LogP contribution < -0.4 is 0 Å². The van der Waals surface area contributed by atoms with Gasteiger partial charge in [0.2, 0.25) is 0 Å². The van der Waals surface area contributed by atoms with Crippen molar-refractivity contribution in [3.63, 3.8) is 0 Å². The van der Waals surface area contributed by atoms with Crippen molar-refractivity contribution in [3.8, 4) is 0 Å². The topological polar surface area (TPSA) is 69.9 Å². The van der Waals surface area contributed by atoms with Crippen LogP contribution in [0.15, 0.2) is 5.16 Å². The molecule has 0 amide bonds. The zero-order chi connectivity index (χ0) is 8.27. The fraction of sp³-hybridized carbons (Fsp3) is 0.714. The van der Waals surface area contributed by atoms with Gasteiger partial charge in [-0.2, -0.15) is 0 Å². The molecule has 1 aliphatic carbocycles. The minimum absolute atomic E-state index is 0.338.